The topological polar surface area (TPSA) is 25.2 Å². The molecule has 0 fully saturated rings. The van der Waals surface area contributed by atoms with Crippen molar-refractivity contribution in [2.24, 2.45) is 0 Å². The molecule has 0 aliphatic heterocycles. The number of nitrogens with one attached hydrogen (secondary N) is 1. The van der Waals surface area contributed by atoms with Crippen molar-refractivity contribution in [3.8, 4) is 0 Å². The van der Waals surface area contributed by atoms with E-state index in [1.54, 1.807) is 0 Å². The molecular weight excluding hydrogens is 338 g/mol. The Morgan fingerprint density at radius 1 is 1.05 bits per heavy atom. The Hall–Kier alpha value is -1.29. The van der Waals surface area contributed by atoms with Crippen LogP contribution in [-0.2, 0) is 13.1 Å². The van der Waals surface area contributed by atoms with E-state index in [2.05, 4.69) is 33.4 Å². The minimum Gasteiger partial charge on any atom is -0.444 e. The quantitative estimate of drug-likeness (QED) is 0.705. The summed E-state index contributed by atoms with van der Waals surface area (Å²) in [5, 5.41) is 4.93. The molecule has 1 heterocycles. The molecule has 4 heteroatoms. The third-order valence-corrected chi connectivity index (χ3v) is 3.97. The third-order valence-electron chi connectivity index (χ3n) is 3.17. The monoisotopic (exact) mass is 349 g/mol. The smallest absolute Gasteiger partial charge is 0.199 e. The van der Waals surface area contributed by atoms with Gasteiger partial charge in [-0.25, -0.2) is 0 Å². The van der Waals surface area contributed by atoms with Gasteiger partial charge in [-0.3, -0.25) is 0 Å². The number of rotatable bonds is 4. The summed E-state index contributed by atoms with van der Waals surface area (Å²) in [7, 11) is 0. The van der Waals surface area contributed by atoms with Gasteiger partial charge in [0, 0.05) is 28.5 Å². The number of hydrogen-bond donors (Lipinski definition) is 1. The van der Waals surface area contributed by atoms with Crippen LogP contribution in [0.4, 0.5) is 0 Å². The van der Waals surface area contributed by atoms with E-state index in [0.717, 1.165) is 27.6 Å². The Balaban J connectivity index is 1.73. The van der Waals surface area contributed by atoms with Crippen LogP contribution in [0.5, 0.6) is 0 Å². The molecule has 20 heavy (non-hydrogen) atoms. The van der Waals surface area contributed by atoms with Crippen LogP contribution in [0.15, 0.2) is 57.4 Å². The van der Waals surface area contributed by atoms with Gasteiger partial charge in [0.2, 0.25) is 0 Å². The van der Waals surface area contributed by atoms with Gasteiger partial charge in [0.05, 0.1) is 0 Å². The lowest BCUT2D eigenvalue weighted by molar-refractivity contribution is 0.604. The van der Waals surface area contributed by atoms with E-state index in [1.165, 1.54) is 5.56 Å². The summed E-state index contributed by atoms with van der Waals surface area (Å²) in [6.45, 7) is 1.47. The Bertz CT molecular complexity index is 738. The van der Waals surface area contributed by atoms with E-state index in [4.69, 9.17) is 16.0 Å². The highest BCUT2D eigenvalue weighted by Crippen LogP contribution is 2.29. The van der Waals surface area contributed by atoms with Crippen LogP contribution >= 0.6 is 27.5 Å². The van der Waals surface area contributed by atoms with E-state index < -0.39 is 0 Å². The zero-order chi connectivity index (χ0) is 13.9. The SMILES string of the molecule is Clc1oc2ccccc2c1CNCc1cccc(Br)c1. The minimum atomic E-state index is 0.466. The molecule has 0 atom stereocenters. The standard InChI is InChI=1S/C16H13BrClNO/c17-12-5-3-4-11(8-12)9-19-10-14-13-6-1-2-7-15(13)20-16(14)18/h1-8,19H,9-10H2. The fourth-order valence-corrected chi connectivity index (χ4v) is 2.91. The molecule has 0 saturated heterocycles. The number of furan rings is 1. The fraction of sp³-hybridized carbons (Fsp3) is 0.125. The summed E-state index contributed by atoms with van der Waals surface area (Å²) in [5.41, 5.74) is 3.07. The van der Waals surface area contributed by atoms with Crippen molar-refractivity contribution >= 4 is 38.5 Å². The maximum Gasteiger partial charge on any atom is 0.199 e. The van der Waals surface area contributed by atoms with Crippen LogP contribution in [0, 0.1) is 0 Å². The minimum absolute atomic E-state index is 0.466. The molecule has 0 aliphatic carbocycles. The normalized spacial score (nSPS) is 11.1. The van der Waals surface area contributed by atoms with Crippen molar-refractivity contribution < 1.29 is 4.42 Å². The second kappa shape index (κ2) is 6.00. The van der Waals surface area contributed by atoms with Gasteiger partial charge >= 0.3 is 0 Å². The van der Waals surface area contributed by atoms with E-state index in [-0.39, 0.29) is 0 Å². The molecule has 3 rings (SSSR count). The van der Waals surface area contributed by atoms with Crippen molar-refractivity contribution in [1.29, 1.82) is 0 Å². The first-order valence-electron chi connectivity index (χ1n) is 6.35. The fourth-order valence-electron chi connectivity index (χ4n) is 2.21. The van der Waals surface area contributed by atoms with Crippen LogP contribution in [0.25, 0.3) is 11.0 Å². The highest BCUT2D eigenvalue weighted by Gasteiger charge is 2.11. The highest BCUT2D eigenvalue weighted by atomic mass is 79.9. The third kappa shape index (κ3) is 2.90. The van der Waals surface area contributed by atoms with Gasteiger partial charge in [0.15, 0.2) is 5.22 Å². The summed E-state index contributed by atoms with van der Waals surface area (Å²) >= 11 is 9.63. The molecule has 0 unspecified atom stereocenters. The van der Waals surface area contributed by atoms with Gasteiger partial charge in [-0.15, -0.1) is 0 Å². The molecule has 2 nitrogen and oxygen atoms in total. The predicted molar refractivity (Wildman–Crippen MR) is 85.9 cm³/mol. The summed E-state index contributed by atoms with van der Waals surface area (Å²) in [6.07, 6.45) is 0. The zero-order valence-corrected chi connectivity index (χ0v) is 13.0. The average molecular weight is 351 g/mol. The first-order chi connectivity index (χ1) is 9.74. The molecule has 1 aromatic heterocycles. The Kier molecular flexibility index (Phi) is 4.10. The molecule has 3 aromatic rings. The van der Waals surface area contributed by atoms with Gasteiger partial charge in [-0.2, -0.15) is 0 Å². The highest BCUT2D eigenvalue weighted by molar-refractivity contribution is 9.10. The van der Waals surface area contributed by atoms with Crippen molar-refractivity contribution in [3.05, 3.63) is 69.3 Å². The second-order valence-corrected chi connectivity index (χ2v) is 5.84. The molecule has 1 N–H and O–H groups in total. The summed E-state index contributed by atoms with van der Waals surface area (Å²) in [4.78, 5) is 0. The maximum atomic E-state index is 6.16. The lowest BCUT2D eigenvalue weighted by Gasteiger charge is -2.05. The first kappa shape index (κ1) is 13.7. The molecule has 0 aliphatic rings. The molecule has 0 spiro atoms. The van der Waals surface area contributed by atoms with Gasteiger partial charge < -0.3 is 9.73 Å². The maximum absolute atomic E-state index is 6.16. The first-order valence-corrected chi connectivity index (χ1v) is 7.52. The van der Waals surface area contributed by atoms with Crippen molar-refractivity contribution in [3.63, 3.8) is 0 Å². The molecule has 102 valence electrons. The van der Waals surface area contributed by atoms with Crippen LogP contribution in [0.1, 0.15) is 11.1 Å². The molecule has 0 saturated carbocycles. The van der Waals surface area contributed by atoms with E-state index >= 15 is 0 Å². The molecule has 0 amide bonds. The lowest BCUT2D eigenvalue weighted by atomic mass is 10.1. The van der Waals surface area contributed by atoms with Gasteiger partial charge in [0.25, 0.3) is 0 Å². The van der Waals surface area contributed by atoms with Gasteiger partial charge in [-0.05, 0) is 35.4 Å². The number of benzene rings is 2. The Labute approximate surface area is 130 Å². The number of halogens is 2. The van der Waals surface area contributed by atoms with Crippen LogP contribution < -0.4 is 5.32 Å². The predicted octanol–water partition coefficient (Wildman–Crippen LogP) is 5.14. The van der Waals surface area contributed by atoms with E-state index in [1.807, 2.05) is 36.4 Å². The van der Waals surface area contributed by atoms with Gasteiger partial charge in [0.1, 0.15) is 5.58 Å². The van der Waals surface area contributed by atoms with Crippen LogP contribution in [0.3, 0.4) is 0 Å². The number of hydrogen-bond acceptors (Lipinski definition) is 2. The summed E-state index contributed by atoms with van der Waals surface area (Å²) in [5.74, 6) is 0. The van der Waals surface area contributed by atoms with Crippen molar-refractivity contribution in [2.75, 3.05) is 0 Å². The second-order valence-electron chi connectivity index (χ2n) is 4.58. The zero-order valence-electron chi connectivity index (χ0n) is 10.7. The molecular formula is C16H13BrClNO. The molecule has 2 aromatic carbocycles. The lowest BCUT2D eigenvalue weighted by Crippen LogP contribution is -2.12. The largest absolute Gasteiger partial charge is 0.444 e. The number of para-hydroxylation sites is 1. The molecule has 0 bridgehead atoms. The Morgan fingerprint density at radius 2 is 1.90 bits per heavy atom. The van der Waals surface area contributed by atoms with E-state index in [0.29, 0.717) is 11.8 Å². The van der Waals surface area contributed by atoms with Crippen molar-refractivity contribution in [1.82, 2.24) is 5.32 Å². The van der Waals surface area contributed by atoms with E-state index in [9.17, 15) is 0 Å². The van der Waals surface area contributed by atoms with Crippen LogP contribution in [-0.4, -0.2) is 0 Å². The number of fused-ring (bicyclic) bond motifs is 1. The summed E-state index contributed by atoms with van der Waals surface area (Å²) < 4.78 is 6.63. The molecule has 0 radical (unpaired) electrons. The summed E-state index contributed by atoms with van der Waals surface area (Å²) in [6, 6.07) is 16.1. The van der Waals surface area contributed by atoms with Crippen molar-refractivity contribution in [2.45, 2.75) is 13.1 Å². The van der Waals surface area contributed by atoms with Gasteiger partial charge in [-0.1, -0.05) is 46.3 Å². The Morgan fingerprint density at radius 3 is 2.75 bits per heavy atom. The van der Waals surface area contributed by atoms with Crippen LogP contribution in [0.2, 0.25) is 5.22 Å². The average Bonchev–Trinajstić information content (AvgIpc) is 2.75.